The van der Waals surface area contributed by atoms with Crippen LogP contribution in [0.15, 0.2) is 18.2 Å². The minimum absolute atomic E-state index is 0.185. The summed E-state index contributed by atoms with van der Waals surface area (Å²) in [6, 6.07) is 5.24. The Labute approximate surface area is 129 Å². The number of hydrogen-bond donors (Lipinski definition) is 1. The summed E-state index contributed by atoms with van der Waals surface area (Å²) in [5, 5.41) is 7.22. The number of nitrogens with zero attached hydrogens (tertiary/aromatic N) is 2. The molecule has 6 nitrogen and oxygen atoms in total. The zero-order valence-corrected chi connectivity index (χ0v) is 13.0. The van der Waals surface area contributed by atoms with Crippen LogP contribution in [0.3, 0.4) is 0 Å². The van der Waals surface area contributed by atoms with Crippen LogP contribution >= 0.6 is 0 Å². The molecule has 22 heavy (non-hydrogen) atoms. The molecule has 1 N–H and O–H groups in total. The maximum absolute atomic E-state index is 12.5. The van der Waals surface area contributed by atoms with Crippen LogP contribution in [0, 0.1) is 13.8 Å². The Morgan fingerprint density at radius 3 is 2.64 bits per heavy atom. The second-order valence-electron chi connectivity index (χ2n) is 5.34. The summed E-state index contributed by atoms with van der Waals surface area (Å²) in [7, 11) is 1.85. The summed E-state index contributed by atoms with van der Waals surface area (Å²) in [5.41, 5.74) is 2.99. The smallest absolute Gasteiger partial charge is 0.255 e. The number of ether oxygens (including phenoxy) is 2. The van der Waals surface area contributed by atoms with E-state index in [4.69, 9.17) is 9.47 Å². The zero-order chi connectivity index (χ0) is 15.7. The first-order valence-electron chi connectivity index (χ1n) is 7.27. The fourth-order valence-electron chi connectivity index (χ4n) is 2.44. The summed E-state index contributed by atoms with van der Waals surface area (Å²) >= 11 is 0. The zero-order valence-electron chi connectivity index (χ0n) is 13.0. The van der Waals surface area contributed by atoms with Crippen LogP contribution in [0.1, 0.15) is 28.2 Å². The van der Waals surface area contributed by atoms with Gasteiger partial charge in [-0.15, -0.1) is 0 Å². The van der Waals surface area contributed by atoms with Crippen LogP contribution in [0.4, 0.5) is 5.69 Å². The lowest BCUT2D eigenvalue weighted by Crippen LogP contribution is -2.13. The molecule has 0 unspecified atom stereocenters. The van der Waals surface area contributed by atoms with Gasteiger partial charge in [0.2, 0.25) is 0 Å². The number of nitrogens with one attached hydrogen (secondary N) is 1. The summed E-state index contributed by atoms with van der Waals surface area (Å²) in [5.74, 6) is 1.11. The number of carbonyl (C=O) groups is 1. The maximum Gasteiger partial charge on any atom is 0.255 e. The average molecular weight is 301 g/mol. The van der Waals surface area contributed by atoms with Crippen molar-refractivity contribution in [1.29, 1.82) is 0 Å². The molecule has 1 aromatic heterocycles. The number of aryl methyl sites for hydroxylation is 2. The van der Waals surface area contributed by atoms with Crippen molar-refractivity contribution in [1.82, 2.24) is 9.78 Å². The van der Waals surface area contributed by atoms with E-state index >= 15 is 0 Å². The molecule has 0 saturated heterocycles. The van der Waals surface area contributed by atoms with Gasteiger partial charge >= 0.3 is 0 Å². The Balaban J connectivity index is 1.85. The number of rotatable bonds is 2. The molecular weight excluding hydrogens is 282 g/mol. The van der Waals surface area contributed by atoms with Crippen LogP contribution in [-0.4, -0.2) is 28.9 Å². The predicted octanol–water partition coefficient (Wildman–Crippen LogP) is 2.45. The third-order valence-electron chi connectivity index (χ3n) is 3.76. The van der Waals surface area contributed by atoms with Crippen molar-refractivity contribution in [3.05, 3.63) is 35.2 Å². The second kappa shape index (κ2) is 5.71. The van der Waals surface area contributed by atoms with Gasteiger partial charge in [-0.2, -0.15) is 5.10 Å². The molecule has 2 heterocycles. The Morgan fingerprint density at radius 2 is 1.95 bits per heavy atom. The molecule has 0 spiro atoms. The topological polar surface area (TPSA) is 65.4 Å². The molecule has 0 saturated carbocycles. The van der Waals surface area contributed by atoms with E-state index in [0.717, 1.165) is 23.5 Å². The molecule has 3 rings (SSSR count). The molecule has 1 aliphatic heterocycles. The van der Waals surface area contributed by atoms with E-state index in [1.54, 1.807) is 22.9 Å². The number of fused-ring (bicyclic) bond motifs is 1. The number of benzene rings is 1. The van der Waals surface area contributed by atoms with Gasteiger partial charge in [0.15, 0.2) is 11.5 Å². The van der Waals surface area contributed by atoms with E-state index in [1.165, 1.54) is 0 Å². The van der Waals surface area contributed by atoms with Crippen LogP contribution in [-0.2, 0) is 7.05 Å². The Kier molecular flexibility index (Phi) is 3.75. The first-order valence-corrected chi connectivity index (χ1v) is 7.27. The largest absolute Gasteiger partial charge is 0.490 e. The van der Waals surface area contributed by atoms with E-state index in [9.17, 15) is 4.79 Å². The van der Waals surface area contributed by atoms with Gasteiger partial charge in [-0.05, 0) is 32.0 Å². The number of hydrogen-bond acceptors (Lipinski definition) is 4. The number of aromatic nitrogens is 2. The monoisotopic (exact) mass is 301 g/mol. The lowest BCUT2D eigenvalue weighted by Gasteiger charge is -2.10. The maximum atomic E-state index is 12.5. The Hall–Kier alpha value is -2.50. The minimum Gasteiger partial charge on any atom is -0.490 e. The van der Waals surface area contributed by atoms with Crippen molar-refractivity contribution < 1.29 is 14.3 Å². The SMILES string of the molecule is Cc1nn(C)c(C)c1NC(=O)c1ccc2c(c1)OCCCO2. The van der Waals surface area contributed by atoms with Gasteiger partial charge in [0.1, 0.15) is 0 Å². The van der Waals surface area contributed by atoms with Crippen molar-refractivity contribution in [2.45, 2.75) is 20.3 Å². The van der Waals surface area contributed by atoms with Crippen LogP contribution < -0.4 is 14.8 Å². The first-order chi connectivity index (χ1) is 10.6. The highest BCUT2D eigenvalue weighted by atomic mass is 16.5. The van der Waals surface area contributed by atoms with Gasteiger partial charge in [0, 0.05) is 19.0 Å². The molecule has 0 atom stereocenters. The number of anilines is 1. The van der Waals surface area contributed by atoms with Crippen LogP contribution in [0.5, 0.6) is 11.5 Å². The van der Waals surface area contributed by atoms with Gasteiger partial charge in [-0.1, -0.05) is 0 Å². The van der Waals surface area contributed by atoms with E-state index < -0.39 is 0 Å². The number of amides is 1. The molecule has 6 heteroatoms. The molecule has 2 aromatic rings. The van der Waals surface area contributed by atoms with Crippen molar-refractivity contribution >= 4 is 11.6 Å². The lowest BCUT2D eigenvalue weighted by molar-refractivity contribution is 0.102. The molecule has 1 amide bonds. The van der Waals surface area contributed by atoms with Gasteiger partial charge in [-0.3, -0.25) is 9.48 Å². The van der Waals surface area contributed by atoms with Crippen LogP contribution in [0.25, 0.3) is 0 Å². The molecule has 0 radical (unpaired) electrons. The molecule has 1 aliphatic rings. The highest BCUT2D eigenvalue weighted by molar-refractivity contribution is 6.05. The second-order valence-corrected chi connectivity index (χ2v) is 5.34. The van der Waals surface area contributed by atoms with Gasteiger partial charge in [0.25, 0.3) is 5.91 Å². The average Bonchev–Trinajstić information content (AvgIpc) is 2.71. The van der Waals surface area contributed by atoms with Gasteiger partial charge < -0.3 is 14.8 Å². The van der Waals surface area contributed by atoms with Crippen molar-refractivity contribution in [2.75, 3.05) is 18.5 Å². The summed E-state index contributed by atoms with van der Waals surface area (Å²) in [6.45, 7) is 5.02. The third kappa shape index (κ3) is 2.64. The van der Waals surface area contributed by atoms with E-state index in [2.05, 4.69) is 10.4 Å². The quantitative estimate of drug-likeness (QED) is 0.925. The van der Waals surface area contributed by atoms with Gasteiger partial charge in [-0.25, -0.2) is 0 Å². The van der Waals surface area contributed by atoms with E-state index in [0.29, 0.717) is 30.3 Å². The third-order valence-corrected chi connectivity index (χ3v) is 3.76. The summed E-state index contributed by atoms with van der Waals surface area (Å²) in [6.07, 6.45) is 0.838. The summed E-state index contributed by atoms with van der Waals surface area (Å²) in [4.78, 5) is 12.5. The highest BCUT2D eigenvalue weighted by Gasteiger charge is 2.17. The Bertz CT molecular complexity index is 722. The van der Waals surface area contributed by atoms with Gasteiger partial charge in [0.05, 0.1) is 30.3 Å². The van der Waals surface area contributed by atoms with Crippen molar-refractivity contribution in [3.63, 3.8) is 0 Å². The standard InChI is InChI=1S/C16H19N3O3/c1-10-15(11(2)19(3)18-10)17-16(20)12-5-6-13-14(9-12)22-8-4-7-21-13/h5-6,9H,4,7-8H2,1-3H3,(H,17,20). The normalized spacial score (nSPS) is 13.6. The Morgan fingerprint density at radius 1 is 1.23 bits per heavy atom. The fourth-order valence-corrected chi connectivity index (χ4v) is 2.44. The first kappa shape index (κ1) is 14.4. The highest BCUT2D eigenvalue weighted by Crippen LogP contribution is 2.31. The molecule has 0 aliphatic carbocycles. The van der Waals surface area contributed by atoms with E-state index in [-0.39, 0.29) is 5.91 Å². The molecule has 0 bridgehead atoms. The van der Waals surface area contributed by atoms with E-state index in [1.807, 2.05) is 20.9 Å². The molecule has 0 fully saturated rings. The molecule has 116 valence electrons. The fraction of sp³-hybridized carbons (Fsp3) is 0.375. The number of carbonyl (C=O) groups excluding carboxylic acids is 1. The van der Waals surface area contributed by atoms with Crippen molar-refractivity contribution in [2.24, 2.45) is 7.05 Å². The van der Waals surface area contributed by atoms with Crippen molar-refractivity contribution in [3.8, 4) is 11.5 Å². The molecule has 1 aromatic carbocycles. The summed E-state index contributed by atoms with van der Waals surface area (Å²) < 4.78 is 12.9. The lowest BCUT2D eigenvalue weighted by atomic mass is 10.1. The van der Waals surface area contributed by atoms with Crippen LogP contribution in [0.2, 0.25) is 0 Å². The predicted molar refractivity (Wildman–Crippen MR) is 82.7 cm³/mol. The molecular formula is C16H19N3O3. The minimum atomic E-state index is -0.185.